The molecule has 1 atom stereocenters. The molecule has 0 bridgehead atoms. The average molecular weight is 197 g/mol. The third-order valence-electron chi connectivity index (χ3n) is 3.30. The summed E-state index contributed by atoms with van der Waals surface area (Å²) in [5, 5.41) is 0. The van der Waals surface area contributed by atoms with Crippen LogP contribution in [0.3, 0.4) is 0 Å². The van der Waals surface area contributed by atoms with Gasteiger partial charge in [0.2, 0.25) is 0 Å². The van der Waals surface area contributed by atoms with E-state index in [-0.39, 0.29) is 0 Å². The maximum Gasteiger partial charge on any atom is 0.0514 e. The second-order valence-corrected chi connectivity index (χ2v) is 4.30. The molecule has 0 spiro atoms. The number of aryl methyl sites for hydroxylation is 1. The van der Waals surface area contributed by atoms with E-state index in [2.05, 4.69) is 54.3 Å². The van der Waals surface area contributed by atoms with Gasteiger partial charge in [-0.15, -0.1) is 0 Å². The van der Waals surface area contributed by atoms with Crippen LogP contribution in [0.1, 0.15) is 17.5 Å². The maximum atomic E-state index is 2.50. The van der Waals surface area contributed by atoms with E-state index in [1.165, 1.54) is 16.8 Å². The van der Waals surface area contributed by atoms with Crippen LogP contribution in [0.15, 0.2) is 36.4 Å². The van der Waals surface area contributed by atoms with Crippen molar-refractivity contribution in [3.63, 3.8) is 0 Å². The minimum absolute atomic E-state index is 0.573. The van der Waals surface area contributed by atoms with Gasteiger partial charge in [0.05, 0.1) is 6.04 Å². The molecule has 2 heterocycles. The fourth-order valence-corrected chi connectivity index (χ4v) is 2.55. The SMILES string of the molecule is Cc1cccc2c1N1CC=CCC1C=C2. The number of hydrogen-bond acceptors (Lipinski definition) is 1. The third kappa shape index (κ3) is 1.30. The summed E-state index contributed by atoms with van der Waals surface area (Å²) in [4.78, 5) is 2.50. The van der Waals surface area contributed by atoms with Crippen molar-refractivity contribution in [1.29, 1.82) is 0 Å². The molecular weight excluding hydrogens is 182 g/mol. The van der Waals surface area contributed by atoms with E-state index in [0.29, 0.717) is 6.04 Å². The second-order valence-electron chi connectivity index (χ2n) is 4.30. The van der Waals surface area contributed by atoms with Crippen molar-refractivity contribution in [1.82, 2.24) is 0 Å². The van der Waals surface area contributed by atoms with Crippen molar-refractivity contribution in [2.45, 2.75) is 19.4 Å². The minimum Gasteiger partial charge on any atom is -0.360 e. The zero-order chi connectivity index (χ0) is 10.3. The smallest absolute Gasteiger partial charge is 0.0514 e. The lowest BCUT2D eigenvalue weighted by atomic mass is 9.96. The second kappa shape index (κ2) is 3.27. The number of para-hydroxylation sites is 1. The predicted octanol–water partition coefficient (Wildman–Crippen LogP) is 3.16. The molecule has 3 rings (SSSR count). The van der Waals surface area contributed by atoms with Gasteiger partial charge in [-0.25, -0.2) is 0 Å². The summed E-state index contributed by atoms with van der Waals surface area (Å²) in [5.41, 5.74) is 4.17. The Morgan fingerprint density at radius 3 is 3.13 bits per heavy atom. The Morgan fingerprint density at radius 1 is 1.27 bits per heavy atom. The van der Waals surface area contributed by atoms with Crippen LogP contribution in [0.25, 0.3) is 6.08 Å². The fourth-order valence-electron chi connectivity index (χ4n) is 2.55. The molecule has 1 aromatic rings. The monoisotopic (exact) mass is 197 g/mol. The van der Waals surface area contributed by atoms with Gasteiger partial charge in [0.25, 0.3) is 0 Å². The van der Waals surface area contributed by atoms with Crippen LogP contribution in [-0.4, -0.2) is 12.6 Å². The molecule has 15 heavy (non-hydrogen) atoms. The molecule has 0 saturated carbocycles. The van der Waals surface area contributed by atoms with Crippen molar-refractivity contribution in [2.24, 2.45) is 0 Å². The summed E-state index contributed by atoms with van der Waals surface area (Å²) in [7, 11) is 0. The Morgan fingerprint density at radius 2 is 2.20 bits per heavy atom. The Labute approximate surface area is 90.7 Å². The highest BCUT2D eigenvalue weighted by atomic mass is 15.2. The molecule has 1 nitrogen and oxygen atoms in total. The van der Waals surface area contributed by atoms with E-state index < -0.39 is 0 Å². The Kier molecular flexibility index (Phi) is 1.91. The first-order valence-electron chi connectivity index (χ1n) is 5.56. The predicted molar refractivity (Wildman–Crippen MR) is 65.1 cm³/mol. The van der Waals surface area contributed by atoms with Crippen LogP contribution in [0.2, 0.25) is 0 Å². The molecule has 0 amide bonds. The van der Waals surface area contributed by atoms with Gasteiger partial charge in [0.15, 0.2) is 0 Å². The normalized spacial score (nSPS) is 22.5. The van der Waals surface area contributed by atoms with Gasteiger partial charge in [-0.3, -0.25) is 0 Å². The summed E-state index contributed by atoms with van der Waals surface area (Å²) in [6.07, 6.45) is 10.3. The van der Waals surface area contributed by atoms with Gasteiger partial charge >= 0.3 is 0 Å². The molecule has 0 N–H and O–H groups in total. The Hall–Kier alpha value is -1.50. The quantitative estimate of drug-likeness (QED) is 0.577. The lowest BCUT2D eigenvalue weighted by molar-refractivity contribution is 0.699. The molecule has 0 saturated heterocycles. The molecule has 1 unspecified atom stereocenters. The number of benzene rings is 1. The number of fused-ring (bicyclic) bond motifs is 3. The van der Waals surface area contributed by atoms with Crippen molar-refractivity contribution in [2.75, 3.05) is 11.4 Å². The van der Waals surface area contributed by atoms with Gasteiger partial charge in [0.1, 0.15) is 0 Å². The average Bonchev–Trinajstić information content (AvgIpc) is 2.29. The van der Waals surface area contributed by atoms with Gasteiger partial charge in [-0.2, -0.15) is 0 Å². The topological polar surface area (TPSA) is 3.24 Å². The van der Waals surface area contributed by atoms with Crippen molar-refractivity contribution >= 4 is 11.8 Å². The maximum absolute atomic E-state index is 2.50. The number of nitrogens with zero attached hydrogens (tertiary/aromatic N) is 1. The highest BCUT2D eigenvalue weighted by Gasteiger charge is 2.23. The number of rotatable bonds is 0. The first-order chi connectivity index (χ1) is 7.36. The van der Waals surface area contributed by atoms with E-state index in [1.54, 1.807) is 0 Å². The molecule has 2 aliphatic rings. The highest BCUT2D eigenvalue weighted by molar-refractivity contribution is 5.75. The summed E-state index contributed by atoms with van der Waals surface area (Å²) in [6.45, 7) is 3.25. The minimum atomic E-state index is 0.573. The van der Waals surface area contributed by atoms with Crippen LogP contribution in [0.5, 0.6) is 0 Å². The van der Waals surface area contributed by atoms with Gasteiger partial charge in [-0.05, 0) is 24.5 Å². The van der Waals surface area contributed by atoms with Gasteiger partial charge in [-0.1, -0.05) is 42.5 Å². The zero-order valence-electron chi connectivity index (χ0n) is 8.98. The van der Waals surface area contributed by atoms with Crippen molar-refractivity contribution in [3.8, 4) is 0 Å². The van der Waals surface area contributed by atoms with Gasteiger partial charge < -0.3 is 4.90 Å². The number of hydrogen-bond donors (Lipinski definition) is 0. The summed E-state index contributed by atoms with van der Waals surface area (Å²) < 4.78 is 0. The molecule has 0 aromatic heterocycles. The van der Waals surface area contributed by atoms with Crippen LogP contribution in [-0.2, 0) is 0 Å². The zero-order valence-corrected chi connectivity index (χ0v) is 8.98. The first-order valence-corrected chi connectivity index (χ1v) is 5.56. The van der Waals surface area contributed by atoms with E-state index >= 15 is 0 Å². The van der Waals surface area contributed by atoms with Crippen LogP contribution in [0.4, 0.5) is 5.69 Å². The Balaban J connectivity index is 2.15. The molecular formula is C14H15N. The van der Waals surface area contributed by atoms with E-state index in [0.717, 1.165) is 13.0 Å². The number of anilines is 1. The molecule has 1 aromatic carbocycles. The molecule has 1 heteroatoms. The lowest BCUT2D eigenvalue weighted by Gasteiger charge is -2.37. The molecule has 0 fully saturated rings. The van der Waals surface area contributed by atoms with Crippen LogP contribution >= 0.6 is 0 Å². The molecule has 76 valence electrons. The molecule has 0 aliphatic carbocycles. The summed E-state index contributed by atoms with van der Waals surface area (Å²) in [5.74, 6) is 0. The summed E-state index contributed by atoms with van der Waals surface area (Å²) in [6, 6.07) is 7.11. The van der Waals surface area contributed by atoms with Gasteiger partial charge in [0, 0.05) is 12.2 Å². The standard InChI is InChI=1S/C14H15N/c1-11-5-4-6-12-8-9-13-7-2-3-10-15(13)14(11)12/h2-6,8-9,13H,7,10H2,1H3. The van der Waals surface area contributed by atoms with Crippen LogP contribution < -0.4 is 4.90 Å². The highest BCUT2D eigenvalue weighted by Crippen LogP contribution is 2.34. The first kappa shape index (κ1) is 8.78. The van der Waals surface area contributed by atoms with Crippen molar-refractivity contribution in [3.05, 3.63) is 47.6 Å². The van der Waals surface area contributed by atoms with E-state index in [4.69, 9.17) is 0 Å². The molecule has 0 radical (unpaired) electrons. The Bertz CT molecular complexity index is 443. The van der Waals surface area contributed by atoms with E-state index in [1.807, 2.05) is 0 Å². The third-order valence-corrected chi connectivity index (χ3v) is 3.30. The molecule has 2 aliphatic heterocycles. The van der Waals surface area contributed by atoms with Crippen LogP contribution in [0, 0.1) is 6.92 Å². The lowest BCUT2D eigenvalue weighted by Crippen LogP contribution is -2.38. The summed E-state index contributed by atoms with van der Waals surface area (Å²) >= 11 is 0. The van der Waals surface area contributed by atoms with E-state index in [9.17, 15) is 0 Å². The fraction of sp³-hybridized carbons (Fsp3) is 0.286. The van der Waals surface area contributed by atoms with Crippen molar-refractivity contribution < 1.29 is 0 Å². The largest absolute Gasteiger partial charge is 0.360 e.